The number of carbonyl (C=O) groups is 3. The van der Waals surface area contributed by atoms with E-state index in [0.29, 0.717) is 12.8 Å². The Labute approximate surface area is 462 Å². The molecule has 426 valence electrons. The Hall–Kier alpha value is -4.19. The molecule has 0 aliphatic heterocycles. The van der Waals surface area contributed by atoms with E-state index in [9.17, 15) is 14.4 Å². The molecule has 0 N–H and O–H groups in total. The van der Waals surface area contributed by atoms with Gasteiger partial charge in [0.1, 0.15) is 13.2 Å². The normalized spacial score (nSPS) is 12.9. The highest BCUT2D eigenvalue weighted by Gasteiger charge is 2.19. The average Bonchev–Trinajstić information content (AvgIpc) is 3.41. The Morgan fingerprint density at radius 2 is 0.547 bits per heavy atom. The predicted molar refractivity (Wildman–Crippen MR) is 325 cm³/mol. The Morgan fingerprint density at radius 3 is 0.933 bits per heavy atom. The molecule has 6 heteroatoms. The Kier molecular flexibility index (Phi) is 58.9. The van der Waals surface area contributed by atoms with Crippen molar-refractivity contribution in [2.75, 3.05) is 13.2 Å². The minimum atomic E-state index is -0.826. The molecule has 0 bridgehead atoms. The van der Waals surface area contributed by atoms with Crippen LogP contribution in [-0.2, 0) is 28.6 Å². The first kappa shape index (κ1) is 70.8. The molecule has 0 aromatic rings. The molecule has 0 spiro atoms. The summed E-state index contributed by atoms with van der Waals surface area (Å²) in [6.07, 6.45) is 86.4. The molecule has 0 aliphatic carbocycles. The highest BCUT2D eigenvalue weighted by molar-refractivity contribution is 5.71. The number of rotatable bonds is 55. The molecule has 0 saturated carbocycles. The van der Waals surface area contributed by atoms with Crippen LogP contribution in [-0.4, -0.2) is 37.2 Å². The molecule has 0 fully saturated rings. The molecule has 0 aromatic heterocycles. The van der Waals surface area contributed by atoms with Crippen molar-refractivity contribution in [3.05, 3.63) is 122 Å². The SMILES string of the molecule is CC/C=C\C/C=C\C/C=C\C/C=C\CCCCCCC(=O)O[C@H](COC(=O)CC/C=C\C/C=C\C/C=C\C/C=C\C/C=C\CCCCC)COC(=O)CCCCCCCCCCCCC/C=C\CCCCCCCC. The van der Waals surface area contributed by atoms with Crippen molar-refractivity contribution in [3.63, 3.8) is 0 Å². The van der Waals surface area contributed by atoms with Gasteiger partial charge in [0.05, 0.1) is 0 Å². The van der Waals surface area contributed by atoms with E-state index in [1.54, 1.807) is 0 Å². The summed E-state index contributed by atoms with van der Waals surface area (Å²) >= 11 is 0. The average molecular weight is 1040 g/mol. The van der Waals surface area contributed by atoms with E-state index in [1.807, 2.05) is 6.08 Å². The molecule has 0 radical (unpaired) electrons. The second kappa shape index (κ2) is 62.4. The minimum absolute atomic E-state index is 0.113. The lowest BCUT2D eigenvalue weighted by Gasteiger charge is -2.18. The zero-order valence-corrected chi connectivity index (χ0v) is 48.8. The topological polar surface area (TPSA) is 78.9 Å². The van der Waals surface area contributed by atoms with Gasteiger partial charge >= 0.3 is 17.9 Å². The second-order valence-electron chi connectivity index (χ2n) is 20.2. The molecular formula is C69H114O6. The van der Waals surface area contributed by atoms with Gasteiger partial charge in [0, 0.05) is 19.3 Å². The van der Waals surface area contributed by atoms with Crippen molar-refractivity contribution in [1.82, 2.24) is 0 Å². The molecule has 0 aliphatic rings. The summed E-state index contributed by atoms with van der Waals surface area (Å²) in [5.41, 5.74) is 0. The first-order valence-corrected chi connectivity index (χ1v) is 31.0. The van der Waals surface area contributed by atoms with Gasteiger partial charge in [-0.2, -0.15) is 0 Å². The van der Waals surface area contributed by atoms with Crippen LogP contribution in [0.3, 0.4) is 0 Å². The maximum absolute atomic E-state index is 12.9. The number of carbonyl (C=O) groups excluding carboxylic acids is 3. The molecule has 0 unspecified atom stereocenters. The minimum Gasteiger partial charge on any atom is -0.462 e. The first-order valence-electron chi connectivity index (χ1n) is 31.0. The third kappa shape index (κ3) is 60.6. The summed E-state index contributed by atoms with van der Waals surface area (Å²) in [6.45, 7) is 6.42. The van der Waals surface area contributed by atoms with Crippen LogP contribution in [0, 0.1) is 0 Å². The molecule has 0 aromatic carbocycles. The molecule has 1 atom stereocenters. The van der Waals surface area contributed by atoms with Crippen molar-refractivity contribution >= 4 is 17.9 Å². The monoisotopic (exact) mass is 1040 g/mol. The fraction of sp³-hybridized carbons (Fsp3) is 0.667. The summed E-state index contributed by atoms with van der Waals surface area (Å²) in [5, 5.41) is 0. The van der Waals surface area contributed by atoms with Gasteiger partial charge in [-0.1, -0.05) is 258 Å². The van der Waals surface area contributed by atoms with Crippen molar-refractivity contribution < 1.29 is 28.6 Å². The van der Waals surface area contributed by atoms with Gasteiger partial charge in [-0.3, -0.25) is 14.4 Å². The lowest BCUT2D eigenvalue weighted by Crippen LogP contribution is -2.30. The van der Waals surface area contributed by atoms with E-state index >= 15 is 0 Å². The van der Waals surface area contributed by atoms with Crippen LogP contribution in [0.15, 0.2) is 122 Å². The van der Waals surface area contributed by atoms with Crippen LogP contribution < -0.4 is 0 Å². The van der Waals surface area contributed by atoms with E-state index < -0.39 is 6.10 Å². The maximum atomic E-state index is 12.9. The van der Waals surface area contributed by atoms with Crippen molar-refractivity contribution in [1.29, 1.82) is 0 Å². The van der Waals surface area contributed by atoms with Gasteiger partial charge in [-0.15, -0.1) is 0 Å². The van der Waals surface area contributed by atoms with Gasteiger partial charge in [0.2, 0.25) is 0 Å². The first-order chi connectivity index (χ1) is 37.0. The molecular weight excluding hydrogens is 925 g/mol. The van der Waals surface area contributed by atoms with E-state index in [1.165, 1.54) is 128 Å². The Balaban J connectivity index is 4.51. The van der Waals surface area contributed by atoms with E-state index in [2.05, 4.69) is 136 Å². The molecule has 0 amide bonds. The largest absolute Gasteiger partial charge is 0.462 e. The maximum Gasteiger partial charge on any atom is 0.306 e. The van der Waals surface area contributed by atoms with E-state index in [0.717, 1.165) is 103 Å². The van der Waals surface area contributed by atoms with Crippen molar-refractivity contribution in [2.45, 2.75) is 284 Å². The number of ether oxygens (including phenoxy) is 3. The number of esters is 3. The number of hydrogen-bond acceptors (Lipinski definition) is 6. The van der Waals surface area contributed by atoms with Gasteiger partial charge in [0.15, 0.2) is 6.10 Å². The third-order valence-electron chi connectivity index (χ3n) is 12.9. The zero-order chi connectivity index (χ0) is 54.3. The van der Waals surface area contributed by atoms with Gasteiger partial charge < -0.3 is 14.2 Å². The van der Waals surface area contributed by atoms with E-state index in [-0.39, 0.29) is 44.0 Å². The van der Waals surface area contributed by atoms with Gasteiger partial charge in [0.25, 0.3) is 0 Å². The quantitative estimate of drug-likeness (QED) is 0.0261. The van der Waals surface area contributed by atoms with Crippen molar-refractivity contribution in [2.24, 2.45) is 0 Å². The van der Waals surface area contributed by atoms with Crippen LogP contribution in [0.4, 0.5) is 0 Å². The van der Waals surface area contributed by atoms with Crippen LogP contribution in [0.25, 0.3) is 0 Å². The number of unbranched alkanes of at least 4 members (excludes halogenated alkanes) is 24. The number of hydrogen-bond donors (Lipinski definition) is 0. The van der Waals surface area contributed by atoms with Crippen LogP contribution in [0.2, 0.25) is 0 Å². The predicted octanol–water partition coefficient (Wildman–Crippen LogP) is 21.2. The third-order valence-corrected chi connectivity index (χ3v) is 12.9. The molecule has 6 nitrogen and oxygen atoms in total. The van der Waals surface area contributed by atoms with Gasteiger partial charge in [-0.25, -0.2) is 0 Å². The van der Waals surface area contributed by atoms with Crippen LogP contribution in [0.5, 0.6) is 0 Å². The molecule has 75 heavy (non-hydrogen) atoms. The lowest BCUT2D eigenvalue weighted by molar-refractivity contribution is -0.166. The lowest BCUT2D eigenvalue weighted by atomic mass is 10.0. The summed E-state index contributed by atoms with van der Waals surface area (Å²) < 4.78 is 16.8. The standard InChI is InChI=1S/C69H114O6/c1-4-7-10-13-16-19-22-25-28-31-33-34-36-39-41-44-47-50-53-56-59-62-68(71)74-65-66(75-69(72)63-60-57-54-51-48-45-42-37-30-27-24-21-18-15-12-9-6-3)64-73-67(70)61-58-55-52-49-46-43-40-38-35-32-29-26-23-20-17-14-11-8-5-2/h9,12,17-18,20-21,25-30,35,38,42-43,45-46,52,55,66H,4-8,10-11,13-16,19,22-24,31-34,36-37,39-41,44,47-51,53-54,56-65H2,1-3H3/b12-9-,20-17-,21-18-,28-25-,29-26-,30-27-,38-35-,45-42-,46-43-,55-52-/t66-/m1/s1. The summed E-state index contributed by atoms with van der Waals surface area (Å²) in [6, 6.07) is 0. The fourth-order valence-electron chi connectivity index (χ4n) is 8.29. The highest BCUT2D eigenvalue weighted by Crippen LogP contribution is 2.15. The fourth-order valence-corrected chi connectivity index (χ4v) is 8.29. The van der Waals surface area contributed by atoms with Gasteiger partial charge in [-0.05, 0) is 122 Å². The summed E-state index contributed by atoms with van der Waals surface area (Å²) in [4.78, 5) is 38.3. The molecule has 0 heterocycles. The summed E-state index contributed by atoms with van der Waals surface area (Å²) in [5.74, 6) is -1.02. The smallest absolute Gasteiger partial charge is 0.306 e. The van der Waals surface area contributed by atoms with Crippen molar-refractivity contribution in [3.8, 4) is 0 Å². The Morgan fingerprint density at radius 1 is 0.280 bits per heavy atom. The highest BCUT2D eigenvalue weighted by atomic mass is 16.6. The van der Waals surface area contributed by atoms with E-state index in [4.69, 9.17) is 14.2 Å². The molecule has 0 saturated heterocycles. The second-order valence-corrected chi connectivity index (χ2v) is 20.2. The number of allylic oxidation sites excluding steroid dienone is 20. The summed E-state index contributed by atoms with van der Waals surface area (Å²) in [7, 11) is 0. The van der Waals surface area contributed by atoms with Crippen LogP contribution in [0.1, 0.15) is 278 Å². The van der Waals surface area contributed by atoms with Crippen LogP contribution >= 0.6 is 0 Å². The molecule has 0 rings (SSSR count). The zero-order valence-electron chi connectivity index (χ0n) is 48.8. The Bertz CT molecular complexity index is 1570.